The Kier molecular flexibility index (Phi) is 3.31. The van der Waals surface area contributed by atoms with Crippen molar-refractivity contribution >= 4 is 17.3 Å². The first-order valence-electron chi connectivity index (χ1n) is 4.69. The highest BCUT2D eigenvalue weighted by molar-refractivity contribution is 6.30. The van der Waals surface area contributed by atoms with Crippen LogP contribution in [0.1, 0.15) is 5.69 Å². The van der Waals surface area contributed by atoms with Crippen molar-refractivity contribution in [1.29, 1.82) is 0 Å². The first kappa shape index (κ1) is 10.8. The van der Waals surface area contributed by atoms with Crippen molar-refractivity contribution in [1.82, 2.24) is 9.97 Å². The summed E-state index contributed by atoms with van der Waals surface area (Å²) < 4.78 is 13.1. The highest BCUT2D eigenvalue weighted by atomic mass is 35.5. The van der Waals surface area contributed by atoms with Crippen molar-refractivity contribution < 1.29 is 4.39 Å². The van der Waals surface area contributed by atoms with Crippen LogP contribution >= 0.6 is 11.6 Å². The van der Waals surface area contributed by atoms with Gasteiger partial charge in [-0.2, -0.15) is 0 Å². The predicted molar refractivity (Wildman–Crippen MR) is 60.8 cm³/mol. The minimum Gasteiger partial charge on any atom is -0.379 e. The fourth-order valence-corrected chi connectivity index (χ4v) is 1.34. The van der Waals surface area contributed by atoms with Gasteiger partial charge in [0.2, 0.25) is 0 Å². The van der Waals surface area contributed by atoms with Crippen LogP contribution in [0.3, 0.4) is 0 Å². The molecule has 5 heteroatoms. The van der Waals surface area contributed by atoms with Gasteiger partial charge in [-0.15, -0.1) is 0 Å². The van der Waals surface area contributed by atoms with Gasteiger partial charge in [0.05, 0.1) is 23.5 Å². The Balaban J connectivity index is 2.03. The van der Waals surface area contributed by atoms with Crippen molar-refractivity contribution in [2.24, 2.45) is 0 Å². The molecule has 0 aliphatic heterocycles. The summed E-state index contributed by atoms with van der Waals surface area (Å²) in [6.45, 7) is 0.495. The van der Waals surface area contributed by atoms with E-state index in [0.29, 0.717) is 12.2 Å². The van der Waals surface area contributed by atoms with Crippen LogP contribution in [0.2, 0.25) is 5.02 Å². The van der Waals surface area contributed by atoms with Gasteiger partial charge in [-0.05, 0) is 18.2 Å². The molecule has 2 rings (SSSR count). The molecule has 0 saturated heterocycles. The van der Waals surface area contributed by atoms with Gasteiger partial charge < -0.3 is 5.32 Å². The summed E-state index contributed by atoms with van der Waals surface area (Å²) in [4.78, 5) is 8.02. The van der Waals surface area contributed by atoms with Gasteiger partial charge in [0.15, 0.2) is 0 Å². The summed E-state index contributed by atoms with van der Waals surface area (Å²) in [5.74, 6) is -0.439. The van der Waals surface area contributed by atoms with Crippen LogP contribution in [0.15, 0.2) is 36.8 Å². The molecule has 16 heavy (non-hydrogen) atoms. The molecule has 1 aromatic heterocycles. The Morgan fingerprint density at radius 3 is 2.88 bits per heavy atom. The van der Waals surface area contributed by atoms with E-state index in [1.54, 1.807) is 24.7 Å². The molecule has 82 valence electrons. The maximum absolute atomic E-state index is 13.1. The smallest absolute Gasteiger partial charge is 0.143 e. The standard InChI is InChI=1S/C11H9ClFN3/c12-10-2-1-8(5-11(10)13)16-7-9-6-14-3-4-15-9/h1-6,16H,7H2. The van der Waals surface area contributed by atoms with E-state index in [1.807, 2.05) is 0 Å². The molecule has 1 aromatic carbocycles. The number of benzene rings is 1. The fourth-order valence-electron chi connectivity index (χ4n) is 1.22. The lowest BCUT2D eigenvalue weighted by molar-refractivity contribution is 0.628. The molecular weight excluding hydrogens is 229 g/mol. The van der Waals surface area contributed by atoms with Crippen LogP contribution in [-0.4, -0.2) is 9.97 Å². The maximum atomic E-state index is 13.1. The molecule has 0 aliphatic carbocycles. The van der Waals surface area contributed by atoms with E-state index < -0.39 is 5.82 Å². The molecule has 0 amide bonds. The molecule has 0 fully saturated rings. The molecule has 2 aromatic rings. The summed E-state index contributed by atoms with van der Waals surface area (Å²) >= 11 is 5.57. The number of halogens is 2. The van der Waals surface area contributed by atoms with Crippen LogP contribution in [0, 0.1) is 5.82 Å². The first-order chi connectivity index (χ1) is 7.75. The zero-order valence-electron chi connectivity index (χ0n) is 8.32. The largest absolute Gasteiger partial charge is 0.379 e. The molecular formula is C11H9ClFN3. The monoisotopic (exact) mass is 237 g/mol. The van der Waals surface area contributed by atoms with E-state index in [0.717, 1.165) is 5.69 Å². The van der Waals surface area contributed by atoms with Crippen molar-refractivity contribution in [2.45, 2.75) is 6.54 Å². The summed E-state index contributed by atoms with van der Waals surface area (Å²) in [5.41, 5.74) is 1.45. The van der Waals surface area contributed by atoms with Gasteiger partial charge in [0.1, 0.15) is 5.82 Å². The van der Waals surface area contributed by atoms with Gasteiger partial charge in [0.25, 0.3) is 0 Å². The van der Waals surface area contributed by atoms with Crippen LogP contribution < -0.4 is 5.32 Å². The molecule has 0 spiro atoms. The van der Waals surface area contributed by atoms with E-state index in [2.05, 4.69) is 15.3 Å². The quantitative estimate of drug-likeness (QED) is 0.892. The Morgan fingerprint density at radius 1 is 1.31 bits per heavy atom. The van der Waals surface area contributed by atoms with E-state index >= 15 is 0 Å². The minimum absolute atomic E-state index is 0.116. The van der Waals surface area contributed by atoms with Crippen LogP contribution in [0.4, 0.5) is 10.1 Å². The third kappa shape index (κ3) is 2.67. The third-order valence-corrected chi connectivity index (χ3v) is 2.32. The molecule has 1 N–H and O–H groups in total. The number of hydrogen-bond donors (Lipinski definition) is 1. The highest BCUT2D eigenvalue weighted by Gasteiger charge is 2.00. The topological polar surface area (TPSA) is 37.8 Å². The van der Waals surface area contributed by atoms with Gasteiger partial charge in [-0.1, -0.05) is 11.6 Å². The van der Waals surface area contributed by atoms with E-state index in [9.17, 15) is 4.39 Å². The van der Waals surface area contributed by atoms with E-state index in [-0.39, 0.29) is 5.02 Å². The molecule has 0 bridgehead atoms. The zero-order chi connectivity index (χ0) is 11.4. The van der Waals surface area contributed by atoms with Gasteiger partial charge in [-0.25, -0.2) is 4.39 Å². The van der Waals surface area contributed by atoms with Crippen molar-refractivity contribution in [3.8, 4) is 0 Å². The predicted octanol–water partition coefficient (Wildman–Crippen LogP) is 2.88. The molecule has 0 saturated carbocycles. The number of nitrogens with zero attached hydrogens (tertiary/aromatic N) is 2. The molecule has 0 atom stereocenters. The van der Waals surface area contributed by atoms with Crippen molar-refractivity contribution in [3.05, 3.63) is 53.3 Å². The summed E-state index contributed by atoms with van der Waals surface area (Å²) in [6, 6.07) is 4.57. The molecule has 3 nitrogen and oxygen atoms in total. The number of anilines is 1. The second-order valence-electron chi connectivity index (χ2n) is 3.18. The third-order valence-electron chi connectivity index (χ3n) is 2.01. The zero-order valence-corrected chi connectivity index (χ0v) is 9.08. The Morgan fingerprint density at radius 2 is 2.19 bits per heavy atom. The molecule has 0 unspecified atom stereocenters. The SMILES string of the molecule is Fc1cc(NCc2cnccn2)ccc1Cl. The lowest BCUT2D eigenvalue weighted by Crippen LogP contribution is -2.01. The Bertz CT molecular complexity index is 476. The van der Waals surface area contributed by atoms with Gasteiger partial charge >= 0.3 is 0 Å². The summed E-state index contributed by atoms with van der Waals surface area (Å²) in [7, 11) is 0. The lowest BCUT2D eigenvalue weighted by Gasteiger charge is -2.05. The van der Waals surface area contributed by atoms with E-state index in [4.69, 9.17) is 11.6 Å². The molecule has 1 heterocycles. The van der Waals surface area contributed by atoms with Gasteiger partial charge in [0, 0.05) is 18.1 Å². The number of hydrogen-bond acceptors (Lipinski definition) is 3. The van der Waals surface area contributed by atoms with Crippen LogP contribution in [0.5, 0.6) is 0 Å². The normalized spacial score (nSPS) is 10.1. The lowest BCUT2D eigenvalue weighted by atomic mass is 10.3. The highest BCUT2D eigenvalue weighted by Crippen LogP contribution is 2.18. The maximum Gasteiger partial charge on any atom is 0.143 e. The van der Waals surface area contributed by atoms with Crippen molar-refractivity contribution in [2.75, 3.05) is 5.32 Å². The Hall–Kier alpha value is -1.68. The van der Waals surface area contributed by atoms with Crippen LogP contribution in [0.25, 0.3) is 0 Å². The van der Waals surface area contributed by atoms with Gasteiger partial charge in [-0.3, -0.25) is 9.97 Å². The first-order valence-corrected chi connectivity index (χ1v) is 5.07. The number of aromatic nitrogens is 2. The Labute approximate surface area is 97.3 Å². The second-order valence-corrected chi connectivity index (χ2v) is 3.59. The average Bonchev–Trinajstić information content (AvgIpc) is 2.32. The van der Waals surface area contributed by atoms with Crippen LogP contribution in [-0.2, 0) is 6.54 Å². The molecule has 0 aliphatic rings. The second kappa shape index (κ2) is 4.90. The molecule has 0 radical (unpaired) electrons. The number of rotatable bonds is 3. The van der Waals surface area contributed by atoms with E-state index in [1.165, 1.54) is 12.1 Å². The average molecular weight is 238 g/mol. The number of nitrogens with one attached hydrogen (secondary N) is 1. The van der Waals surface area contributed by atoms with Crippen molar-refractivity contribution in [3.63, 3.8) is 0 Å². The fraction of sp³-hybridized carbons (Fsp3) is 0.0909. The minimum atomic E-state index is -0.439. The summed E-state index contributed by atoms with van der Waals surface area (Å²) in [5, 5.41) is 3.14. The summed E-state index contributed by atoms with van der Waals surface area (Å²) in [6.07, 6.45) is 4.87.